The van der Waals surface area contributed by atoms with Gasteiger partial charge in [0, 0.05) is 23.2 Å². The topological polar surface area (TPSA) is 97.6 Å². The van der Waals surface area contributed by atoms with Crippen LogP contribution in [0.3, 0.4) is 0 Å². The zero-order valence-corrected chi connectivity index (χ0v) is 17.6. The summed E-state index contributed by atoms with van der Waals surface area (Å²) in [7, 11) is 0. The van der Waals surface area contributed by atoms with Crippen LogP contribution in [0.2, 0.25) is 0 Å². The molecule has 0 saturated carbocycles. The normalized spacial score (nSPS) is 11.0. The van der Waals surface area contributed by atoms with E-state index < -0.39 is 6.03 Å². The number of allylic oxidation sites excluding steroid dienone is 1. The first-order valence-electron chi connectivity index (χ1n) is 9.92. The molecule has 0 atom stereocenters. The minimum absolute atomic E-state index is 0.188. The zero-order chi connectivity index (χ0) is 22.0. The van der Waals surface area contributed by atoms with Crippen molar-refractivity contribution in [2.75, 3.05) is 10.6 Å². The van der Waals surface area contributed by atoms with E-state index in [9.17, 15) is 4.79 Å². The number of fused-ring (bicyclic) bond motifs is 1. The van der Waals surface area contributed by atoms with Crippen molar-refractivity contribution in [3.8, 4) is 11.5 Å². The van der Waals surface area contributed by atoms with Crippen LogP contribution >= 0.6 is 0 Å². The van der Waals surface area contributed by atoms with Crippen LogP contribution in [0.4, 0.5) is 16.4 Å². The monoisotopic (exact) mass is 413 g/mol. The SMILES string of the molecule is C=C(C)c1cnc(NC(=O)Nc2cccc(-c3nncn3C(C)C)n2)c2ccccc12. The summed E-state index contributed by atoms with van der Waals surface area (Å²) >= 11 is 0. The highest BCUT2D eigenvalue weighted by molar-refractivity contribution is 6.06. The van der Waals surface area contributed by atoms with Crippen LogP contribution in [-0.2, 0) is 0 Å². The number of nitrogens with one attached hydrogen (secondary N) is 2. The third-order valence-corrected chi connectivity index (χ3v) is 4.84. The van der Waals surface area contributed by atoms with Crippen molar-refractivity contribution in [3.05, 3.63) is 67.1 Å². The van der Waals surface area contributed by atoms with Crippen molar-refractivity contribution in [1.82, 2.24) is 24.7 Å². The number of hydrogen-bond acceptors (Lipinski definition) is 5. The van der Waals surface area contributed by atoms with Gasteiger partial charge < -0.3 is 4.57 Å². The quantitative estimate of drug-likeness (QED) is 0.472. The predicted octanol–water partition coefficient (Wildman–Crippen LogP) is 5.15. The van der Waals surface area contributed by atoms with Gasteiger partial charge in [0.25, 0.3) is 0 Å². The molecule has 0 aliphatic rings. The third-order valence-electron chi connectivity index (χ3n) is 4.84. The van der Waals surface area contributed by atoms with E-state index in [-0.39, 0.29) is 6.04 Å². The maximum absolute atomic E-state index is 12.7. The van der Waals surface area contributed by atoms with Gasteiger partial charge in [0.2, 0.25) is 0 Å². The second kappa shape index (κ2) is 8.35. The van der Waals surface area contributed by atoms with Crippen LogP contribution in [0.1, 0.15) is 32.4 Å². The van der Waals surface area contributed by atoms with Gasteiger partial charge in [-0.05, 0) is 43.9 Å². The molecular formula is C23H23N7O. The molecule has 0 spiro atoms. The van der Waals surface area contributed by atoms with Crippen molar-refractivity contribution in [2.45, 2.75) is 26.8 Å². The van der Waals surface area contributed by atoms with Crippen molar-refractivity contribution >= 4 is 34.0 Å². The molecule has 0 bridgehead atoms. The Bertz CT molecular complexity index is 1280. The van der Waals surface area contributed by atoms with E-state index in [0.29, 0.717) is 23.2 Å². The largest absolute Gasteiger partial charge is 0.326 e. The Hall–Kier alpha value is -4.07. The zero-order valence-electron chi connectivity index (χ0n) is 17.6. The molecule has 0 radical (unpaired) electrons. The molecule has 0 aliphatic carbocycles. The van der Waals surface area contributed by atoms with E-state index >= 15 is 0 Å². The number of pyridine rings is 2. The van der Waals surface area contributed by atoms with Crippen LogP contribution in [-0.4, -0.2) is 30.8 Å². The summed E-state index contributed by atoms with van der Waals surface area (Å²) in [6.45, 7) is 10.0. The second-order valence-electron chi connectivity index (χ2n) is 7.49. The Morgan fingerprint density at radius 3 is 2.58 bits per heavy atom. The summed E-state index contributed by atoms with van der Waals surface area (Å²) in [5, 5.41) is 15.5. The molecule has 2 amide bonds. The fourth-order valence-electron chi connectivity index (χ4n) is 3.32. The third kappa shape index (κ3) is 4.13. The van der Waals surface area contributed by atoms with Gasteiger partial charge in [-0.2, -0.15) is 0 Å². The molecule has 0 fully saturated rings. The van der Waals surface area contributed by atoms with Crippen LogP contribution in [0.15, 0.2) is 61.6 Å². The molecule has 0 aliphatic heterocycles. The molecule has 3 heterocycles. The van der Waals surface area contributed by atoms with E-state index in [2.05, 4.69) is 37.4 Å². The summed E-state index contributed by atoms with van der Waals surface area (Å²) in [5.41, 5.74) is 2.48. The fourth-order valence-corrected chi connectivity index (χ4v) is 3.32. The Morgan fingerprint density at radius 1 is 1.06 bits per heavy atom. The number of nitrogens with zero attached hydrogens (tertiary/aromatic N) is 5. The summed E-state index contributed by atoms with van der Waals surface area (Å²) in [5.74, 6) is 1.51. The average Bonchev–Trinajstić information content (AvgIpc) is 3.24. The molecule has 31 heavy (non-hydrogen) atoms. The first-order chi connectivity index (χ1) is 14.9. The lowest BCUT2D eigenvalue weighted by Gasteiger charge is -2.13. The fraction of sp³-hybridized carbons (Fsp3) is 0.174. The highest BCUT2D eigenvalue weighted by Crippen LogP contribution is 2.28. The Balaban J connectivity index is 1.57. The number of anilines is 2. The molecule has 0 unspecified atom stereocenters. The first kappa shape index (κ1) is 20.2. The minimum Gasteiger partial charge on any atom is -0.310 e. The van der Waals surface area contributed by atoms with Gasteiger partial charge in [0.05, 0.1) is 0 Å². The molecule has 3 aromatic heterocycles. The Kier molecular flexibility index (Phi) is 5.44. The predicted molar refractivity (Wildman–Crippen MR) is 123 cm³/mol. The van der Waals surface area contributed by atoms with Gasteiger partial charge in [0.15, 0.2) is 5.82 Å². The molecule has 1 aromatic carbocycles. The van der Waals surface area contributed by atoms with Gasteiger partial charge in [-0.25, -0.2) is 14.8 Å². The standard InChI is InChI=1S/C23H23N7O/c1-14(2)18-12-24-21(17-9-6-5-8-16(17)18)28-23(31)27-20-11-7-10-19(26-20)22-29-25-13-30(22)15(3)4/h5-13,15H,1H2,2-4H3,(H2,24,26,27,28,31). The molecule has 4 rings (SSSR count). The lowest BCUT2D eigenvalue weighted by molar-refractivity contribution is 0.262. The van der Waals surface area contributed by atoms with E-state index in [0.717, 1.165) is 21.9 Å². The van der Waals surface area contributed by atoms with Crippen LogP contribution in [0, 0.1) is 0 Å². The smallest absolute Gasteiger partial charge is 0.310 e. The highest BCUT2D eigenvalue weighted by Gasteiger charge is 2.14. The number of urea groups is 1. The number of rotatable bonds is 5. The Morgan fingerprint density at radius 2 is 1.84 bits per heavy atom. The van der Waals surface area contributed by atoms with Gasteiger partial charge >= 0.3 is 6.03 Å². The van der Waals surface area contributed by atoms with Gasteiger partial charge in [0.1, 0.15) is 23.7 Å². The minimum atomic E-state index is -0.435. The average molecular weight is 413 g/mol. The maximum Gasteiger partial charge on any atom is 0.326 e. The van der Waals surface area contributed by atoms with E-state index in [4.69, 9.17) is 0 Å². The van der Waals surface area contributed by atoms with Gasteiger partial charge in [-0.1, -0.05) is 36.9 Å². The number of hydrogen-bond donors (Lipinski definition) is 2. The first-order valence-corrected chi connectivity index (χ1v) is 9.92. The number of carbonyl (C=O) groups excluding carboxylic acids is 1. The van der Waals surface area contributed by atoms with E-state index in [1.807, 2.05) is 61.7 Å². The molecule has 0 saturated heterocycles. The maximum atomic E-state index is 12.7. The molecule has 156 valence electrons. The second-order valence-corrected chi connectivity index (χ2v) is 7.49. The highest BCUT2D eigenvalue weighted by atomic mass is 16.2. The summed E-state index contributed by atoms with van der Waals surface area (Å²) in [4.78, 5) is 21.6. The number of aromatic nitrogens is 5. The number of amides is 2. The van der Waals surface area contributed by atoms with Crippen molar-refractivity contribution in [1.29, 1.82) is 0 Å². The van der Waals surface area contributed by atoms with Gasteiger partial charge in [-0.3, -0.25) is 10.6 Å². The number of benzene rings is 1. The molecule has 2 N–H and O–H groups in total. The summed E-state index contributed by atoms with van der Waals surface area (Å²) in [6, 6.07) is 12.9. The lowest BCUT2D eigenvalue weighted by atomic mass is 10.0. The molecular weight excluding hydrogens is 390 g/mol. The lowest BCUT2D eigenvalue weighted by Crippen LogP contribution is -2.21. The van der Waals surface area contributed by atoms with Crippen LogP contribution in [0.5, 0.6) is 0 Å². The summed E-state index contributed by atoms with van der Waals surface area (Å²) < 4.78 is 1.92. The van der Waals surface area contributed by atoms with E-state index in [1.165, 1.54) is 0 Å². The Labute approximate surface area is 180 Å². The number of carbonyl (C=O) groups is 1. The van der Waals surface area contributed by atoms with Crippen LogP contribution in [0.25, 0.3) is 27.9 Å². The molecule has 4 aromatic rings. The summed E-state index contributed by atoms with van der Waals surface area (Å²) in [6.07, 6.45) is 3.39. The molecule has 8 heteroatoms. The van der Waals surface area contributed by atoms with Crippen molar-refractivity contribution < 1.29 is 4.79 Å². The van der Waals surface area contributed by atoms with Gasteiger partial charge in [-0.15, -0.1) is 10.2 Å². The van der Waals surface area contributed by atoms with Crippen LogP contribution < -0.4 is 10.6 Å². The molecule has 8 nitrogen and oxygen atoms in total. The van der Waals surface area contributed by atoms with E-state index in [1.54, 1.807) is 18.6 Å². The van der Waals surface area contributed by atoms with Crippen molar-refractivity contribution in [3.63, 3.8) is 0 Å². The van der Waals surface area contributed by atoms with Crippen molar-refractivity contribution in [2.24, 2.45) is 0 Å².